The van der Waals surface area contributed by atoms with Gasteiger partial charge in [0.25, 0.3) is 5.92 Å². The van der Waals surface area contributed by atoms with Gasteiger partial charge in [0.2, 0.25) is 0 Å². The van der Waals surface area contributed by atoms with E-state index in [1.165, 1.54) is 29.5 Å². The lowest BCUT2D eigenvalue weighted by molar-refractivity contribution is -0.0567. The highest BCUT2D eigenvalue weighted by molar-refractivity contribution is 5.34. The van der Waals surface area contributed by atoms with Crippen LogP contribution in [0.2, 0.25) is 0 Å². The van der Waals surface area contributed by atoms with E-state index in [9.17, 15) is 8.78 Å². The highest BCUT2D eigenvalue weighted by Gasteiger charge is 2.34. The monoisotopic (exact) mass is 308 g/mol. The van der Waals surface area contributed by atoms with Crippen LogP contribution in [-0.2, 0) is 6.54 Å². The summed E-state index contributed by atoms with van der Waals surface area (Å²) < 4.78 is 26.6. The maximum Gasteiger partial charge on any atom is 0.250 e. The molecule has 0 radical (unpaired) electrons. The zero-order chi connectivity index (χ0) is 15.6. The molecule has 2 nitrogen and oxygen atoms in total. The number of hydrogen-bond donors (Lipinski definition) is 1. The summed E-state index contributed by atoms with van der Waals surface area (Å²) in [6.45, 7) is 6.12. The van der Waals surface area contributed by atoms with Gasteiger partial charge in [-0.3, -0.25) is 4.90 Å². The average Bonchev–Trinajstić information content (AvgIpc) is 2.52. The third kappa shape index (κ3) is 3.85. The lowest BCUT2D eigenvalue weighted by atomic mass is 9.86. The Hall–Kier alpha value is -1.00. The second-order valence-corrected chi connectivity index (χ2v) is 6.86. The van der Waals surface area contributed by atoms with Gasteiger partial charge >= 0.3 is 0 Å². The lowest BCUT2D eigenvalue weighted by Gasteiger charge is -2.33. The van der Waals surface area contributed by atoms with Gasteiger partial charge in [-0.25, -0.2) is 8.78 Å². The molecule has 0 bridgehead atoms. The third-order valence-electron chi connectivity index (χ3n) is 5.06. The molecule has 0 amide bonds. The topological polar surface area (TPSA) is 15.3 Å². The van der Waals surface area contributed by atoms with Crippen LogP contribution < -0.4 is 5.32 Å². The number of nitrogens with zero attached hydrogens (tertiary/aromatic N) is 1. The number of hydrogen-bond acceptors (Lipinski definition) is 2. The van der Waals surface area contributed by atoms with Gasteiger partial charge in [-0.15, -0.1) is 0 Å². The molecular formula is C18H26F2N2. The molecule has 0 unspecified atom stereocenters. The second-order valence-electron chi connectivity index (χ2n) is 6.86. The van der Waals surface area contributed by atoms with E-state index in [1.54, 1.807) is 0 Å². The fourth-order valence-corrected chi connectivity index (χ4v) is 3.65. The fraction of sp³-hybridized carbons (Fsp3) is 0.667. The molecular weight excluding hydrogens is 282 g/mol. The molecule has 2 aliphatic rings. The van der Waals surface area contributed by atoms with Gasteiger partial charge in [0.15, 0.2) is 0 Å². The summed E-state index contributed by atoms with van der Waals surface area (Å²) in [5, 5.41) is 3.42. The van der Waals surface area contributed by atoms with E-state index in [0.29, 0.717) is 19.0 Å². The first-order valence-corrected chi connectivity index (χ1v) is 8.44. The van der Waals surface area contributed by atoms with Crippen LogP contribution in [0.25, 0.3) is 0 Å². The first-order valence-electron chi connectivity index (χ1n) is 8.44. The predicted molar refractivity (Wildman–Crippen MR) is 85.5 cm³/mol. The Morgan fingerprint density at radius 1 is 1.18 bits per heavy atom. The van der Waals surface area contributed by atoms with Gasteiger partial charge in [0.05, 0.1) is 0 Å². The number of alkyl halides is 2. The van der Waals surface area contributed by atoms with Gasteiger partial charge in [-0.05, 0) is 49.9 Å². The lowest BCUT2D eigenvalue weighted by Crippen LogP contribution is -2.39. The van der Waals surface area contributed by atoms with Crippen molar-refractivity contribution in [2.24, 2.45) is 0 Å². The largest absolute Gasteiger partial charge is 0.317 e. The molecule has 3 rings (SSSR count). The zero-order valence-electron chi connectivity index (χ0n) is 13.4. The number of likely N-dealkylation sites (tertiary alicyclic amines) is 1. The molecule has 4 heteroatoms. The molecule has 2 fully saturated rings. The smallest absolute Gasteiger partial charge is 0.250 e. The highest BCUT2D eigenvalue weighted by atomic mass is 19.3. The van der Waals surface area contributed by atoms with E-state index < -0.39 is 5.92 Å². The predicted octanol–water partition coefficient (Wildman–Crippen LogP) is 3.69. The molecule has 0 atom stereocenters. The van der Waals surface area contributed by atoms with Crippen LogP contribution in [0.3, 0.4) is 0 Å². The molecule has 22 heavy (non-hydrogen) atoms. The maximum atomic E-state index is 13.3. The van der Waals surface area contributed by atoms with Crippen molar-refractivity contribution < 1.29 is 8.78 Å². The number of nitrogens with one attached hydrogen (secondary N) is 1. The number of rotatable bonds is 3. The Morgan fingerprint density at radius 3 is 2.55 bits per heavy atom. The molecule has 1 aromatic rings. The van der Waals surface area contributed by atoms with Gasteiger partial charge in [-0.1, -0.05) is 23.8 Å². The summed E-state index contributed by atoms with van der Waals surface area (Å²) in [5.74, 6) is -1.84. The van der Waals surface area contributed by atoms with Crippen molar-refractivity contribution in [1.82, 2.24) is 10.2 Å². The van der Waals surface area contributed by atoms with Crippen LogP contribution >= 0.6 is 0 Å². The fourth-order valence-electron chi connectivity index (χ4n) is 3.65. The first kappa shape index (κ1) is 15.9. The molecule has 2 heterocycles. The Morgan fingerprint density at radius 2 is 1.86 bits per heavy atom. The van der Waals surface area contributed by atoms with Gasteiger partial charge in [-0.2, -0.15) is 0 Å². The summed E-state index contributed by atoms with van der Waals surface area (Å²) in [4.78, 5) is 2.19. The third-order valence-corrected chi connectivity index (χ3v) is 5.06. The van der Waals surface area contributed by atoms with E-state index in [1.807, 2.05) is 0 Å². The summed E-state index contributed by atoms with van der Waals surface area (Å²) in [6.07, 6.45) is 2.35. The highest BCUT2D eigenvalue weighted by Crippen LogP contribution is 2.32. The van der Waals surface area contributed by atoms with Crippen molar-refractivity contribution in [2.45, 2.75) is 51.0 Å². The molecule has 2 aliphatic heterocycles. The van der Waals surface area contributed by atoms with Crippen LogP contribution in [0.4, 0.5) is 8.78 Å². The molecule has 0 spiro atoms. The normalized spacial score (nSPS) is 23.6. The van der Waals surface area contributed by atoms with Gasteiger partial charge < -0.3 is 5.32 Å². The molecule has 1 N–H and O–H groups in total. The summed E-state index contributed by atoms with van der Waals surface area (Å²) in [7, 11) is 0. The minimum atomic E-state index is -2.46. The Labute approximate surface area is 131 Å². The average molecular weight is 308 g/mol. The Balaban J connectivity index is 1.73. The van der Waals surface area contributed by atoms with E-state index in [0.717, 1.165) is 19.6 Å². The SMILES string of the molecule is Cc1ccc(CN2CCC(F)(F)CC2)c(C2CCNCC2)c1. The van der Waals surface area contributed by atoms with E-state index >= 15 is 0 Å². The zero-order valence-corrected chi connectivity index (χ0v) is 13.4. The van der Waals surface area contributed by atoms with Crippen LogP contribution in [0, 0.1) is 6.92 Å². The van der Waals surface area contributed by atoms with Crippen molar-refractivity contribution in [1.29, 1.82) is 0 Å². The van der Waals surface area contributed by atoms with Crippen molar-refractivity contribution >= 4 is 0 Å². The van der Waals surface area contributed by atoms with Gasteiger partial charge in [0, 0.05) is 32.5 Å². The minimum absolute atomic E-state index is 0.00153. The quantitative estimate of drug-likeness (QED) is 0.916. The van der Waals surface area contributed by atoms with Crippen LogP contribution in [-0.4, -0.2) is 37.0 Å². The Bertz CT molecular complexity index is 500. The summed E-state index contributed by atoms with van der Waals surface area (Å²) in [5.41, 5.74) is 4.07. The Kier molecular flexibility index (Phi) is 4.79. The summed E-state index contributed by atoms with van der Waals surface area (Å²) in [6, 6.07) is 6.67. The van der Waals surface area contributed by atoms with Crippen molar-refractivity contribution in [3.63, 3.8) is 0 Å². The van der Waals surface area contributed by atoms with Crippen LogP contribution in [0.1, 0.15) is 48.3 Å². The molecule has 0 aliphatic carbocycles. The summed E-state index contributed by atoms with van der Waals surface area (Å²) >= 11 is 0. The van der Waals surface area contributed by atoms with Crippen molar-refractivity contribution in [3.05, 3.63) is 34.9 Å². The number of benzene rings is 1. The maximum absolute atomic E-state index is 13.3. The molecule has 1 aromatic carbocycles. The van der Waals surface area contributed by atoms with Crippen LogP contribution in [0.5, 0.6) is 0 Å². The van der Waals surface area contributed by atoms with E-state index in [2.05, 4.69) is 35.3 Å². The number of aryl methyl sites for hydroxylation is 1. The number of halogens is 2. The minimum Gasteiger partial charge on any atom is -0.317 e. The van der Waals surface area contributed by atoms with E-state index in [-0.39, 0.29) is 12.8 Å². The van der Waals surface area contributed by atoms with Crippen molar-refractivity contribution in [3.8, 4) is 0 Å². The molecule has 0 saturated carbocycles. The van der Waals surface area contributed by atoms with Gasteiger partial charge in [0.1, 0.15) is 0 Å². The van der Waals surface area contributed by atoms with Crippen LogP contribution in [0.15, 0.2) is 18.2 Å². The first-order chi connectivity index (χ1) is 10.5. The van der Waals surface area contributed by atoms with Crippen molar-refractivity contribution in [2.75, 3.05) is 26.2 Å². The standard InChI is InChI=1S/C18H26F2N2/c1-14-2-3-16(13-22-10-6-18(19,20)7-11-22)17(12-14)15-4-8-21-9-5-15/h2-3,12,15,21H,4-11,13H2,1H3. The molecule has 122 valence electrons. The second kappa shape index (κ2) is 6.63. The molecule has 2 saturated heterocycles. The molecule has 0 aromatic heterocycles. The van der Waals surface area contributed by atoms with E-state index in [4.69, 9.17) is 0 Å². The number of piperidine rings is 2.